The number of para-hydroxylation sites is 1. The molecular formula is C18H17N3O3. The number of rotatable bonds is 1. The molecule has 1 atom stereocenters. The molecule has 0 saturated heterocycles. The van der Waals surface area contributed by atoms with E-state index < -0.39 is 11.4 Å². The SMILES string of the molecule is CC1=NN(c2ccccc2)C2(c3ccccc3C(=O)N2C)C1(O)O. The second-order valence-corrected chi connectivity index (χ2v) is 6.09. The van der Waals surface area contributed by atoms with Crippen LogP contribution in [0.2, 0.25) is 0 Å². The van der Waals surface area contributed by atoms with E-state index in [1.54, 1.807) is 38.2 Å². The van der Waals surface area contributed by atoms with Crippen molar-refractivity contribution >= 4 is 17.3 Å². The molecule has 0 aliphatic carbocycles. The molecule has 0 saturated carbocycles. The van der Waals surface area contributed by atoms with E-state index in [-0.39, 0.29) is 11.6 Å². The fourth-order valence-corrected chi connectivity index (χ4v) is 3.67. The number of hydrogen-bond donors (Lipinski definition) is 2. The van der Waals surface area contributed by atoms with Crippen LogP contribution < -0.4 is 5.01 Å². The molecule has 24 heavy (non-hydrogen) atoms. The number of carbonyl (C=O) groups is 1. The van der Waals surface area contributed by atoms with Gasteiger partial charge < -0.3 is 15.1 Å². The summed E-state index contributed by atoms with van der Waals surface area (Å²) in [7, 11) is 1.56. The van der Waals surface area contributed by atoms with Gasteiger partial charge in [0.15, 0.2) is 0 Å². The number of aliphatic hydroxyl groups is 2. The van der Waals surface area contributed by atoms with Crippen molar-refractivity contribution in [2.24, 2.45) is 5.10 Å². The summed E-state index contributed by atoms with van der Waals surface area (Å²) >= 11 is 0. The van der Waals surface area contributed by atoms with E-state index in [1.807, 2.05) is 30.3 Å². The number of fused-ring (bicyclic) bond motifs is 2. The molecule has 0 fully saturated rings. The van der Waals surface area contributed by atoms with Crippen LogP contribution in [0, 0.1) is 0 Å². The molecular weight excluding hydrogens is 306 g/mol. The molecule has 0 bridgehead atoms. The third-order valence-corrected chi connectivity index (χ3v) is 4.87. The van der Waals surface area contributed by atoms with Crippen molar-refractivity contribution in [3.63, 3.8) is 0 Å². The summed E-state index contributed by atoms with van der Waals surface area (Å²) in [6.45, 7) is 1.55. The van der Waals surface area contributed by atoms with E-state index in [4.69, 9.17) is 0 Å². The molecule has 6 nitrogen and oxygen atoms in total. The monoisotopic (exact) mass is 323 g/mol. The summed E-state index contributed by atoms with van der Waals surface area (Å²) in [5.41, 5.74) is 0.220. The van der Waals surface area contributed by atoms with Gasteiger partial charge >= 0.3 is 0 Å². The molecule has 122 valence electrons. The minimum Gasteiger partial charge on any atom is -0.357 e. The summed E-state index contributed by atoms with van der Waals surface area (Å²) < 4.78 is 0. The standard InChI is InChI=1S/C18H17N3O3/c1-12-18(23,24)17(21(19-12)13-8-4-3-5-9-13)15-11-7-6-10-14(15)16(22)20(17)2/h3-11,23-24H,1-2H3. The molecule has 2 aromatic rings. The molecule has 2 aliphatic rings. The van der Waals surface area contributed by atoms with Gasteiger partial charge in [0.25, 0.3) is 11.7 Å². The maximum Gasteiger partial charge on any atom is 0.256 e. The molecule has 0 aromatic heterocycles. The second kappa shape index (κ2) is 4.66. The Kier molecular flexibility index (Phi) is 2.88. The first-order chi connectivity index (χ1) is 11.4. The molecule has 2 heterocycles. The minimum absolute atomic E-state index is 0.128. The van der Waals surface area contributed by atoms with Gasteiger partial charge in [-0.05, 0) is 25.1 Å². The van der Waals surface area contributed by atoms with E-state index in [1.165, 1.54) is 9.91 Å². The lowest BCUT2D eigenvalue weighted by molar-refractivity contribution is -0.181. The van der Waals surface area contributed by atoms with Crippen LogP contribution in [-0.2, 0) is 5.66 Å². The van der Waals surface area contributed by atoms with Gasteiger partial charge in [0, 0.05) is 18.2 Å². The molecule has 0 radical (unpaired) electrons. The van der Waals surface area contributed by atoms with Crippen molar-refractivity contribution in [2.45, 2.75) is 18.4 Å². The maximum atomic E-state index is 12.8. The first kappa shape index (κ1) is 14.9. The second-order valence-electron chi connectivity index (χ2n) is 6.09. The smallest absolute Gasteiger partial charge is 0.256 e. The number of benzene rings is 2. The number of nitrogens with zero attached hydrogens (tertiary/aromatic N) is 3. The van der Waals surface area contributed by atoms with Crippen LogP contribution in [0.15, 0.2) is 59.7 Å². The van der Waals surface area contributed by atoms with Crippen molar-refractivity contribution in [1.82, 2.24) is 4.90 Å². The minimum atomic E-state index is -2.32. The van der Waals surface area contributed by atoms with Gasteiger partial charge in [0.2, 0.25) is 5.66 Å². The Morgan fingerprint density at radius 1 is 1.00 bits per heavy atom. The quantitative estimate of drug-likeness (QED) is 0.780. The summed E-state index contributed by atoms with van der Waals surface area (Å²) in [6.07, 6.45) is 0. The van der Waals surface area contributed by atoms with Gasteiger partial charge in [-0.3, -0.25) is 4.79 Å². The molecule has 2 N–H and O–H groups in total. The first-order valence-corrected chi connectivity index (χ1v) is 7.65. The number of likely N-dealkylation sites (N-methyl/N-ethyl adjacent to an activating group) is 1. The Balaban J connectivity index is 2.05. The van der Waals surface area contributed by atoms with E-state index in [2.05, 4.69) is 5.10 Å². The van der Waals surface area contributed by atoms with E-state index in [0.717, 1.165) is 0 Å². The highest BCUT2D eigenvalue weighted by Crippen LogP contribution is 2.52. The van der Waals surface area contributed by atoms with E-state index in [0.29, 0.717) is 16.8 Å². The average molecular weight is 323 g/mol. The maximum absolute atomic E-state index is 12.8. The van der Waals surface area contributed by atoms with E-state index >= 15 is 0 Å². The van der Waals surface area contributed by atoms with Crippen molar-refractivity contribution in [3.8, 4) is 0 Å². The Morgan fingerprint density at radius 2 is 1.62 bits per heavy atom. The number of anilines is 1. The Labute approximate surface area is 139 Å². The largest absolute Gasteiger partial charge is 0.357 e. The fourth-order valence-electron chi connectivity index (χ4n) is 3.67. The van der Waals surface area contributed by atoms with Gasteiger partial charge in [-0.15, -0.1) is 0 Å². The van der Waals surface area contributed by atoms with Crippen molar-refractivity contribution in [2.75, 3.05) is 12.1 Å². The number of amides is 1. The van der Waals surface area contributed by atoms with Crippen molar-refractivity contribution in [3.05, 3.63) is 65.7 Å². The fraction of sp³-hybridized carbons (Fsp3) is 0.222. The Bertz CT molecular complexity index is 863. The van der Waals surface area contributed by atoms with Gasteiger partial charge in [-0.1, -0.05) is 36.4 Å². The van der Waals surface area contributed by atoms with E-state index in [9.17, 15) is 15.0 Å². The highest BCUT2D eigenvalue weighted by Gasteiger charge is 2.69. The molecule has 6 heteroatoms. The molecule has 4 rings (SSSR count). The highest BCUT2D eigenvalue weighted by atomic mass is 16.5. The number of hydrogen-bond acceptors (Lipinski definition) is 5. The summed E-state index contributed by atoms with van der Waals surface area (Å²) in [5.74, 6) is -2.59. The number of carbonyl (C=O) groups excluding carboxylic acids is 1. The Hall–Kier alpha value is -2.70. The highest BCUT2D eigenvalue weighted by molar-refractivity contribution is 6.04. The van der Waals surface area contributed by atoms with Gasteiger partial charge in [0.05, 0.1) is 11.4 Å². The van der Waals surface area contributed by atoms with Crippen molar-refractivity contribution < 1.29 is 15.0 Å². The van der Waals surface area contributed by atoms with Crippen LogP contribution in [0.4, 0.5) is 5.69 Å². The zero-order valence-corrected chi connectivity index (χ0v) is 13.3. The van der Waals surface area contributed by atoms with Gasteiger partial charge in [-0.2, -0.15) is 5.10 Å². The first-order valence-electron chi connectivity index (χ1n) is 7.65. The molecule has 1 amide bonds. The van der Waals surface area contributed by atoms with Gasteiger partial charge in [0.1, 0.15) is 0 Å². The lowest BCUT2D eigenvalue weighted by Crippen LogP contribution is -2.65. The number of hydrazone groups is 1. The van der Waals surface area contributed by atoms with Crippen LogP contribution in [0.3, 0.4) is 0 Å². The summed E-state index contributed by atoms with van der Waals surface area (Å²) in [4.78, 5) is 14.1. The topological polar surface area (TPSA) is 76.4 Å². The lowest BCUT2D eigenvalue weighted by atomic mass is 9.87. The third-order valence-electron chi connectivity index (χ3n) is 4.87. The summed E-state index contributed by atoms with van der Waals surface area (Å²) in [6, 6.07) is 16.1. The van der Waals surface area contributed by atoms with Gasteiger partial charge in [-0.25, -0.2) is 5.01 Å². The zero-order valence-electron chi connectivity index (χ0n) is 13.3. The van der Waals surface area contributed by atoms with Crippen molar-refractivity contribution in [1.29, 1.82) is 0 Å². The summed E-state index contributed by atoms with van der Waals surface area (Å²) in [5, 5.41) is 27.8. The van der Waals surface area contributed by atoms with Crippen LogP contribution in [0.25, 0.3) is 0 Å². The molecule has 2 aromatic carbocycles. The molecule has 1 unspecified atom stereocenters. The van der Waals surface area contributed by atoms with Crippen LogP contribution >= 0.6 is 0 Å². The predicted molar refractivity (Wildman–Crippen MR) is 89.4 cm³/mol. The molecule has 2 aliphatic heterocycles. The average Bonchev–Trinajstić information content (AvgIpc) is 2.95. The lowest BCUT2D eigenvalue weighted by Gasteiger charge is -2.45. The zero-order chi connectivity index (χ0) is 17.1. The third kappa shape index (κ3) is 1.52. The van der Waals surface area contributed by atoms with Crippen LogP contribution in [0.1, 0.15) is 22.8 Å². The Morgan fingerprint density at radius 3 is 2.33 bits per heavy atom. The molecule has 1 spiro atoms. The van der Waals surface area contributed by atoms with Crippen LogP contribution in [-0.4, -0.2) is 39.6 Å². The predicted octanol–water partition coefficient (Wildman–Crippen LogP) is 1.50. The normalized spacial score (nSPS) is 24.5. The van der Waals surface area contributed by atoms with Crippen LogP contribution in [0.5, 0.6) is 0 Å².